The minimum absolute atomic E-state index is 0.218. The largest absolute Gasteiger partial charge is 0.547 e. The van der Waals surface area contributed by atoms with Crippen LogP contribution in [0.2, 0.25) is 0 Å². The number of hydrogen-bond acceptors (Lipinski definition) is 6. The van der Waals surface area contributed by atoms with Crippen molar-refractivity contribution in [1.29, 1.82) is 0 Å². The summed E-state index contributed by atoms with van der Waals surface area (Å²) in [4.78, 5) is 26.7. The number of thiocarbonyl (C=S) groups is 1. The first-order valence-electron chi connectivity index (χ1n) is 6.64. The highest BCUT2D eigenvalue weighted by molar-refractivity contribution is 8.26. The van der Waals surface area contributed by atoms with E-state index in [2.05, 4.69) is 0 Å². The molecule has 0 saturated carbocycles. The summed E-state index contributed by atoms with van der Waals surface area (Å²) in [6, 6.07) is 11.0. The van der Waals surface area contributed by atoms with E-state index in [1.165, 1.54) is 11.3 Å². The maximum Gasteiger partial charge on any atom is 0.267 e. The van der Waals surface area contributed by atoms with Crippen LogP contribution in [-0.4, -0.2) is 21.1 Å². The van der Waals surface area contributed by atoms with Crippen LogP contribution in [0.4, 0.5) is 0 Å². The first-order chi connectivity index (χ1) is 11.1. The third-order valence-corrected chi connectivity index (χ3v) is 5.39. The van der Waals surface area contributed by atoms with Gasteiger partial charge in [-0.05, 0) is 23.1 Å². The highest BCUT2D eigenvalue weighted by Crippen LogP contribution is 2.38. The van der Waals surface area contributed by atoms with Crippen LogP contribution in [0.5, 0.6) is 0 Å². The Bertz CT molecular complexity index is 784. The standard InChI is InChI=1S/C16H11NO3S3/c18-14-12(9-11-7-4-8-22-11)23-16(21)17(14)13(15(19)20)10-5-2-1-3-6-10/h1-9,13H,(H,19,20)/p-1/t13-/m1/s1. The SMILES string of the molecule is O=C([O-])[C@@H](c1ccccc1)N1C(=O)C(=Cc2cccs2)SC1=S. The van der Waals surface area contributed by atoms with E-state index in [-0.39, 0.29) is 4.32 Å². The van der Waals surface area contributed by atoms with E-state index in [0.29, 0.717) is 10.5 Å². The molecule has 0 unspecified atom stereocenters. The van der Waals surface area contributed by atoms with Gasteiger partial charge in [0.1, 0.15) is 10.4 Å². The number of carbonyl (C=O) groups is 2. The molecular weight excluding hydrogens is 350 g/mol. The Labute approximate surface area is 146 Å². The van der Waals surface area contributed by atoms with Crippen LogP contribution in [0.15, 0.2) is 52.7 Å². The van der Waals surface area contributed by atoms with Crippen molar-refractivity contribution in [2.45, 2.75) is 6.04 Å². The number of rotatable bonds is 4. The van der Waals surface area contributed by atoms with E-state index in [4.69, 9.17) is 12.2 Å². The summed E-state index contributed by atoms with van der Waals surface area (Å²) >= 11 is 7.82. The van der Waals surface area contributed by atoms with Gasteiger partial charge in [-0.2, -0.15) is 0 Å². The summed E-state index contributed by atoms with van der Waals surface area (Å²) in [5, 5.41) is 13.5. The number of hydrogen-bond donors (Lipinski definition) is 0. The van der Waals surface area contributed by atoms with Crippen molar-refractivity contribution in [1.82, 2.24) is 4.90 Å². The molecule has 7 heteroatoms. The maximum absolute atomic E-state index is 12.6. The highest BCUT2D eigenvalue weighted by Gasteiger charge is 2.38. The van der Waals surface area contributed by atoms with Crippen LogP contribution in [0, 0.1) is 0 Å². The molecule has 2 aromatic rings. The molecule has 1 atom stereocenters. The third-order valence-electron chi connectivity index (χ3n) is 3.24. The van der Waals surface area contributed by atoms with Gasteiger partial charge in [-0.25, -0.2) is 0 Å². The van der Waals surface area contributed by atoms with Gasteiger partial charge in [0.2, 0.25) is 0 Å². The lowest BCUT2D eigenvalue weighted by Crippen LogP contribution is -2.43. The molecular formula is C16H10NO3S3-. The zero-order valence-corrected chi connectivity index (χ0v) is 14.1. The lowest BCUT2D eigenvalue weighted by molar-refractivity contribution is -0.310. The fourth-order valence-electron chi connectivity index (χ4n) is 2.23. The van der Waals surface area contributed by atoms with Crippen molar-refractivity contribution in [3.05, 3.63) is 63.2 Å². The van der Waals surface area contributed by atoms with E-state index in [1.807, 2.05) is 17.5 Å². The number of thiophene rings is 1. The molecule has 1 aliphatic heterocycles. The molecule has 0 spiro atoms. The van der Waals surface area contributed by atoms with Gasteiger partial charge in [-0.3, -0.25) is 9.69 Å². The van der Waals surface area contributed by atoms with Gasteiger partial charge in [-0.15, -0.1) is 11.3 Å². The maximum atomic E-state index is 12.6. The average Bonchev–Trinajstić information content (AvgIpc) is 3.12. The van der Waals surface area contributed by atoms with Crippen LogP contribution < -0.4 is 5.11 Å². The average molecular weight is 360 g/mol. The predicted octanol–water partition coefficient (Wildman–Crippen LogP) is 2.44. The Balaban J connectivity index is 1.97. The fourth-order valence-corrected chi connectivity index (χ4v) is 4.27. The van der Waals surface area contributed by atoms with Crippen LogP contribution in [0.1, 0.15) is 16.5 Å². The number of aliphatic carboxylic acids is 1. The first kappa shape index (κ1) is 15.9. The van der Waals surface area contributed by atoms with Gasteiger partial charge >= 0.3 is 0 Å². The Morgan fingerprint density at radius 3 is 2.57 bits per heavy atom. The molecule has 23 heavy (non-hydrogen) atoms. The molecule has 2 heterocycles. The van der Waals surface area contributed by atoms with Crippen molar-refractivity contribution in [3.63, 3.8) is 0 Å². The predicted molar refractivity (Wildman–Crippen MR) is 93.5 cm³/mol. The summed E-state index contributed by atoms with van der Waals surface area (Å²) in [5.74, 6) is -1.77. The van der Waals surface area contributed by atoms with E-state index in [9.17, 15) is 14.7 Å². The van der Waals surface area contributed by atoms with Crippen molar-refractivity contribution < 1.29 is 14.7 Å². The summed E-state index contributed by atoms with van der Waals surface area (Å²) in [6.07, 6.45) is 1.72. The summed E-state index contributed by atoms with van der Waals surface area (Å²) in [7, 11) is 0. The zero-order valence-electron chi connectivity index (χ0n) is 11.7. The highest BCUT2D eigenvalue weighted by atomic mass is 32.2. The number of carboxylic acids is 1. The number of carbonyl (C=O) groups excluding carboxylic acids is 2. The Morgan fingerprint density at radius 1 is 1.22 bits per heavy atom. The Kier molecular flexibility index (Phi) is 4.61. The summed E-state index contributed by atoms with van der Waals surface area (Å²) in [6.45, 7) is 0. The monoisotopic (exact) mass is 360 g/mol. The quantitative estimate of drug-likeness (QED) is 0.619. The molecule has 1 saturated heterocycles. The second-order valence-corrected chi connectivity index (χ2v) is 7.35. The van der Waals surface area contributed by atoms with Gasteiger partial charge in [0.25, 0.3) is 5.91 Å². The molecule has 1 aromatic carbocycles. The van der Waals surface area contributed by atoms with E-state index < -0.39 is 17.9 Å². The third kappa shape index (κ3) is 3.21. The van der Waals surface area contributed by atoms with Crippen LogP contribution in [-0.2, 0) is 9.59 Å². The van der Waals surface area contributed by atoms with Crippen molar-refractivity contribution >= 4 is 57.6 Å². The Hall–Kier alpha value is -1.96. The zero-order chi connectivity index (χ0) is 16.4. The van der Waals surface area contributed by atoms with E-state index in [1.54, 1.807) is 36.4 Å². The van der Waals surface area contributed by atoms with Crippen molar-refractivity contribution in [3.8, 4) is 0 Å². The molecule has 1 amide bonds. The van der Waals surface area contributed by atoms with Gasteiger partial charge in [-0.1, -0.05) is 60.4 Å². The first-order valence-corrected chi connectivity index (χ1v) is 8.75. The van der Waals surface area contributed by atoms with Gasteiger partial charge < -0.3 is 9.90 Å². The number of benzene rings is 1. The number of carboxylic acid groups (broad SMARTS) is 1. The number of nitrogens with zero attached hydrogens (tertiary/aromatic N) is 1. The lowest BCUT2D eigenvalue weighted by atomic mass is 10.1. The molecule has 0 aliphatic carbocycles. The van der Waals surface area contributed by atoms with E-state index >= 15 is 0 Å². The van der Waals surface area contributed by atoms with Gasteiger partial charge in [0, 0.05) is 4.88 Å². The van der Waals surface area contributed by atoms with Crippen LogP contribution >= 0.6 is 35.3 Å². The molecule has 1 aromatic heterocycles. The molecule has 4 nitrogen and oxygen atoms in total. The minimum atomic E-state index is -1.36. The molecule has 0 N–H and O–H groups in total. The summed E-state index contributed by atoms with van der Waals surface area (Å²) in [5.41, 5.74) is 0.459. The molecule has 1 fully saturated rings. The second-order valence-electron chi connectivity index (χ2n) is 4.70. The second kappa shape index (κ2) is 6.66. The molecule has 116 valence electrons. The fraction of sp³-hybridized carbons (Fsp3) is 0.0625. The van der Waals surface area contributed by atoms with Crippen LogP contribution in [0.3, 0.4) is 0 Å². The topological polar surface area (TPSA) is 60.4 Å². The smallest absolute Gasteiger partial charge is 0.267 e. The normalized spacial score (nSPS) is 17.7. The Morgan fingerprint density at radius 2 is 1.96 bits per heavy atom. The molecule has 0 bridgehead atoms. The summed E-state index contributed by atoms with van der Waals surface area (Å²) < 4.78 is 0.218. The molecule has 0 radical (unpaired) electrons. The lowest BCUT2D eigenvalue weighted by Gasteiger charge is -2.27. The van der Waals surface area contributed by atoms with Crippen molar-refractivity contribution in [2.24, 2.45) is 0 Å². The minimum Gasteiger partial charge on any atom is -0.547 e. The molecule has 1 aliphatic rings. The van der Waals surface area contributed by atoms with E-state index in [0.717, 1.165) is 21.5 Å². The van der Waals surface area contributed by atoms with Crippen molar-refractivity contribution in [2.75, 3.05) is 0 Å². The number of amides is 1. The van der Waals surface area contributed by atoms with Gasteiger partial charge in [0.05, 0.1) is 10.9 Å². The van der Waals surface area contributed by atoms with Gasteiger partial charge in [0.15, 0.2) is 0 Å². The molecule has 3 rings (SSSR count). The van der Waals surface area contributed by atoms with Crippen LogP contribution in [0.25, 0.3) is 6.08 Å². The number of thioether (sulfide) groups is 1.